The molecule has 0 atom stereocenters. The lowest BCUT2D eigenvalue weighted by atomic mass is 9.84. The van der Waals surface area contributed by atoms with Crippen LogP contribution in [0.1, 0.15) is 46.9 Å². The number of amides is 1. The van der Waals surface area contributed by atoms with E-state index in [1.807, 2.05) is 53.4 Å². The quantitative estimate of drug-likeness (QED) is 0.690. The van der Waals surface area contributed by atoms with Gasteiger partial charge in [-0.2, -0.15) is 0 Å². The molecule has 2 aliphatic rings. The Hall–Kier alpha value is -3.11. The molecule has 1 saturated heterocycles. The van der Waals surface area contributed by atoms with E-state index in [-0.39, 0.29) is 11.8 Å². The van der Waals surface area contributed by atoms with Gasteiger partial charge in [-0.05, 0) is 42.0 Å². The first-order chi connectivity index (χ1) is 14.7. The number of carbonyl (C=O) groups excluding carboxylic acids is 1. The second kappa shape index (κ2) is 7.96. The zero-order valence-electron chi connectivity index (χ0n) is 17.0. The Kier molecular flexibility index (Phi) is 5.01. The van der Waals surface area contributed by atoms with Gasteiger partial charge in [-0.25, -0.2) is 0 Å². The predicted molar refractivity (Wildman–Crippen MR) is 118 cm³/mol. The molecule has 0 saturated carbocycles. The summed E-state index contributed by atoms with van der Waals surface area (Å²) in [5.74, 6) is 1.91. The fraction of sp³-hybridized carbons (Fsp3) is 0.269. The van der Waals surface area contributed by atoms with Crippen LogP contribution in [0.25, 0.3) is 0 Å². The fourth-order valence-corrected chi connectivity index (χ4v) is 4.77. The highest BCUT2D eigenvalue weighted by molar-refractivity contribution is 5.89. The lowest BCUT2D eigenvalue weighted by Gasteiger charge is -2.36. The minimum atomic E-state index is -0.303. The number of para-hydroxylation sites is 2. The maximum atomic E-state index is 13.7. The molecule has 2 heterocycles. The molecule has 1 amide bonds. The van der Waals surface area contributed by atoms with E-state index in [4.69, 9.17) is 10.5 Å². The van der Waals surface area contributed by atoms with E-state index < -0.39 is 0 Å². The van der Waals surface area contributed by atoms with Gasteiger partial charge in [-0.1, -0.05) is 60.7 Å². The van der Waals surface area contributed by atoms with Gasteiger partial charge in [-0.15, -0.1) is 0 Å². The standard InChI is InChI=1S/C26H26N2O2/c27-17-18-6-5-7-20(16-18)19-12-14-28(15-13-19)26(29)25-21-8-1-3-10-23(21)30-24-11-4-2-9-22(24)25/h1-11,16,19,25H,12-15,17,27H2. The summed E-state index contributed by atoms with van der Waals surface area (Å²) in [6.45, 7) is 2.11. The normalized spacial score (nSPS) is 16.5. The van der Waals surface area contributed by atoms with Gasteiger partial charge >= 0.3 is 0 Å². The summed E-state index contributed by atoms with van der Waals surface area (Å²) >= 11 is 0. The van der Waals surface area contributed by atoms with Crippen LogP contribution < -0.4 is 10.5 Å². The Balaban J connectivity index is 1.37. The number of fused-ring (bicyclic) bond motifs is 2. The van der Waals surface area contributed by atoms with Crippen molar-refractivity contribution in [1.29, 1.82) is 0 Å². The van der Waals surface area contributed by atoms with Gasteiger partial charge in [0.15, 0.2) is 0 Å². The number of carbonyl (C=O) groups is 1. The minimum absolute atomic E-state index is 0.173. The van der Waals surface area contributed by atoms with Crippen LogP contribution in [0.3, 0.4) is 0 Å². The molecule has 1 fully saturated rings. The summed E-state index contributed by atoms with van der Waals surface area (Å²) in [5, 5.41) is 0. The van der Waals surface area contributed by atoms with E-state index in [9.17, 15) is 4.79 Å². The molecule has 2 N–H and O–H groups in total. The van der Waals surface area contributed by atoms with Crippen molar-refractivity contribution in [1.82, 2.24) is 4.90 Å². The summed E-state index contributed by atoms with van der Waals surface area (Å²) in [5.41, 5.74) is 10.2. The monoisotopic (exact) mass is 398 g/mol. The summed E-state index contributed by atoms with van der Waals surface area (Å²) in [6.07, 6.45) is 1.96. The fourth-order valence-electron chi connectivity index (χ4n) is 4.77. The molecule has 2 aliphatic heterocycles. The first-order valence-corrected chi connectivity index (χ1v) is 10.7. The summed E-state index contributed by atoms with van der Waals surface area (Å²) in [7, 11) is 0. The van der Waals surface area contributed by atoms with Gasteiger partial charge < -0.3 is 15.4 Å². The average molecular weight is 399 g/mol. The molecule has 3 aromatic rings. The van der Waals surface area contributed by atoms with Crippen LogP contribution in [-0.2, 0) is 11.3 Å². The van der Waals surface area contributed by atoms with Crippen LogP contribution in [0.4, 0.5) is 0 Å². The molecule has 5 rings (SSSR count). The van der Waals surface area contributed by atoms with Crippen LogP contribution in [0.2, 0.25) is 0 Å². The van der Waals surface area contributed by atoms with Crippen molar-refractivity contribution in [3.8, 4) is 11.5 Å². The Bertz CT molecular complexity index is 1020. The smallest absolute Gasteiger partial charge is 0.234 e. The van der Waals surface area contributed by atoms with Crippen LogP contribution in [0.15, 0.2) is 72.8 Å². The number of hydrogen-bond donors (Lipinski definition) is 1. The van der Waals surface area contributed by atoms with E-state index >= 15 is 0 Å². The van der Waals surface area contributed by atoms with Crippen LogP contribution in [0.5, 0.6) is 11.5 Å². The highest BCUT2D eigenvalue weighted by atomic mass is 16.5. The van der Waals surface area contributed by atoms with Crippen molar-refractivity contribution in [2.24, 2.45) is 5.73 Å². The zero-order chi connectivity index (χ0) is 20.5. The Morgan fingerprint density at radius 1 is 0.900 bits per heavy atom. The number of benzene rings is 3. The first-order valence-electron chi connectivity index (χ1n) is 10.7. The highest BCUT2D eigenvalue weighted by Crippen LogP contribution is 2.45. The van der Waals surface area contributed by atoms with Crippen LogP contribution in [0, 0.1) is 0 Å². The largest absolute Gasteiger partial charge is 0.457 e. The maximum Gasteiger partial charge on any atom is 0.234 e. The lowest BCUT2D eigenvalue weighted by Crippen LogP contribution is -2.41. The third-order valence-electron chi connectivity index (χ3n) is 6.39. The lowest BCUT2D eigenvalue weighted by molar-refractivity contribution is -0.133. The van der Waals surface area contributed by atoms with E-state index in [1.165, 1.54) is 11.1 Å². The van der Waals surface area contributed by atoms with Gasteiger partial charge in [0.25, 0.3) is 0 Å². The van der Waals surface area contributed by atoms with Crippen molar-refractivity contribution in [2.45, 2.75) is 31.2 Å². The van der Waals surface area contributed by atoms with Gasteiger partial charge in [0.1, 0.15) is 11.5 Å². The summed E-state index contributed by atoms with van der Waals surface area (Å²) < 4.78 is 6.06. The maximum absolute atomic E-state index is 13.7. The number of ether oxygens (including phenoxy) is 1. The SMILES string of the molecule is NCc1cccc(C2CCN(C(=O)C3c4ccccc4Oc4ccccc43)CC2)c1. The van der Waals surface area contributed by atoms with Gasteiger partial charge in [-0.3, -0.25) is 4.79 Å². The first kappa shape index (κ1) is 18.9. The Labute approximate surface area is 177 Å². The summed E-state index contributed by atoms with van der Waals surface area (Å²) in [6, 6.07) is 24.3. The molecule has 0 radical (unpaired) electrons. The molecule has 4 heteroatoms. The zero-order valence-corrected chi connectivity index (χ0v) is 17.0. The molecule has 3 aromatic carbocycles. The summed E-state index contributed by atoms with van der Waals surface area (Å²) in [4.78, 5) is 15.7. The number of hydrogen-bond acceptors (Lipinski definition) is 3. The molecule has 0 bridgehead atoms. The van der Waals surface area contributed by atoms with Gasteiger partial charge in [0.05, 0.1) is 5.92 Å². The molecule has 4 nitrogen and oxygen atoms in total. The van der Waals surface area contributed by atoms with Crippen LogP contribution in [-0.4, -0.2) is 23.9 Å². The highest BCUT2D eigenvalue weighted by Gasteiger charge is 2.36. The van der Waals surface area contributed by atoms with Crippen molar-refractivity contribution in [3.63, 3.8) is 0 Å². The number of piperidine rings is 1. The number of rotatable bonds is 3. The molecule has 30 heavy (non-hydrogen) atoms. The average Bonchev–Trinajstić information content (AvgIpc) is 2.82. The number of likely N-dealkylation sites (tertiary alicyclic amines) is 1. The van der Waals surface area contributed by atoms with Crippen molar-refractivity contribution in [2.75, 3.05) is 13.1 Å². The minimum Gasteiger partial charge on any atom is -0.457 e. The molecule has 152 valence electrons. The van der Waals surface area contributed by atoms with Crippen LogP contribution >= 0.6 is 0 Å². The second-order valence-electron chi connectivity index (χ2n) is 8.16. The Morgan fingerprint density at radius 2 is 1.53 bits per heavy atom. The van der Waals surface area contributed by atoms with E-state index in [2.05, 4.69) is 24.3 Å². The van der Waals surface area contributed by atoms with Gasteiger partial charge in [0, 0.05) is 30.8 Å². The third-order valence-corrected chi connectivity index (χ3v) is 6.39. The van der Waals surface area contributed by atoms with E-state index in [0.29, 0.717) is 12.5 Å². The third kappa shape index (κ3) is 3.37. The number of nitrogens with zero attached hydrogens (tertiary/aromatic N) is 1. The van der Waals surface area contributed by atoms with Crippen molar-refractivity contribution < 1.29 is 9.53 Å². The molecular formula is C26H26N2O2. The molecular weight excluding hydrogens is 372 g/mol. The molecule has 0 aromatic heterocycles. The topological polar surface area (TPSA) is 55.6 Å². The van der Waals surface area contributed by atoms with Crippen molar-refractivity contribution in [3.05, 3.63) is 95.1 Å². The molecule has 0 aliphatic carbocycles. The Morgan fingerprint density at radius 3 is 2.17 bits per heavy atom. The molecule has 0 unspecified atom stereocenters. The molecule has 0 spiro atoms. The predicted octanol–water partition coefficient (Wildman–Crippen LogP) is 4.79. The van der Waals surface area contributed by atoms with E-state index in [1.54, 1.807) is 0 Å². The van der Waals surface area contributed by atoms with Crippen molar-refractivity contribution >= 4 is 5.91 Å². The van der Waals surface area contributed by atoms with Gasteiger partial charge in [0.2, 0.25) is 5.91 Å². The van der Waals surface area contributed by atoms with E-state index in [0.717, 1.165) is 48.6 Å². The number of nitrogens with two attached hydrogens (primary N) is 1. The second-order valence-corrected chi connectivity index (χ2v) is 8.16.